The molecule has 0 N–H and O–H groups in total. The van der Waals surface area contributed by atoms with Crippen LogP contribution in [0.25, 0.3) is 0 Å². The van der Waals surface area contributed by atoms with E-state index in [1.165, 1.54) is 16.7 Å². The summed E-state index contributed by atoms with van der Waals surface area (Å²) in [5.41, 5.74) is 1.61. The molecule has 128 valence electrons. The predicted octanol–water partition coefficient (Wildman–Crippen LogP) is 3.15. The van der Waals surface area contributed by atoms with Gasteiger partial charge in [0.15, 0.2) is 5.17 Å². The summed E-state index contributed by atoms with van der Waals surface area (Å²) in [4.78, 5) is 31.1. The highest BCUT2D eigenvalue weighted by atomic mass is 32.2. The van der Waals surface area contributed by atoms with Crippen LogP contribution in [0.4, 0.5) is 5.69 Å². The van der Waals surface area contributed by atoms with E-state index in [1.807, 2.05) is 54.6 Å². The zero-order valence-corrected chi connectivity index (χ0v) is 14.8. The van der Waals surface area contributed by atoms with Gasteiger partial charge in [0.1, 0.15) is 11.7 Å². The van der Waals surface area contributed by atoms with E-state index in [0.29, 0.717) is 17.3 Å². The van der Waals surface area contributed by atoms with Crippen LogP contribution in [0.15, 0.2) is 59.6 Å². The van der Waals surface area contributed by atoms with Crippen LogP contribution >= 0.6 is 11.8 Å². The van der Waals surface area contributed by atoms with Gasteiger partial charge in [-0.2, -0.15) is 4.99 Å². The first-order chi connectivity index (χ1) is 12.1. The number of nitrogens with zero attached hydrogens (tertiary/aromatic N) is 2. The number of anilines is 1. The Balaban J connectivity index is 1.90. The largest absolute Gasteiger partial charge is 0.497 e. The molecule has 0 spiro atoms. The summed E-state index contributed by atoms with van der Waals surface area (Å²) in [6, 6.07) is 16.6. The van der Waals surface area contributed by atoms with E-state index >= 15 is 0 Å². The van der Waals surface area contributed by atoms with Crippen molar-refractivity contribution < 1.29 is 14.3 Å². The van der Waals surface area contributed by atoms with Crippen LogP contribution < -0.4 is 9.64 Å². The molecule has 25 heavy (non-hydrogen) atoms. The van der Waals surface area contributed by atoms with E-state index in [0.717, 1.165) is 11.3 Å². The van der Waals surface area contributed by atoms with Gasteiger partial charge in [0, 0.05) is 0 Å². The number of amides is 2. The maximum atomic E-state index is 13.0. The van der Waals surface area contributed by atoms with Crippen molar-refractivity contribution in [2.45, 2.75) is 6.42 Å². The van der Waals surface area contributed by atoms with Crippen molar-refractivity contribution in [1.82, 2.24) is 0 Å². The molecule has 0 radical (unpaired) electrons. The van der Waals surface area contributed by atoms with Gasteiger partial charge in [-0.15, -0.1) is 0 Å². The number of amidine groups is 1. The number of thioether (sulfide) groups is 1. The second-order valence-corrected chi connectivity index (χ2v) is 6.32. The molecule has 0 saturated carbocycles. The Morgan fingerprint density at radius 1 is 1.08 bits per heavy atom. The van der Waals surface area contributed by atoms with Crippen LogP contribution in [0.5, 0.6) is 5.75 Å². The summed E-state index contributed by atoms with van der Waals surface area (Å²) < 4.78 is 5.14. The Kier molecular flexibility index (Phi) is 5.19. The van der Waals surface area contributed by atoms with E-state index in [9.17, 15) is 9.59 Å². The van der Waals surface area contributed by atoms with E-state index in [1.54, 1.807) is 13.4 Å². The number of hydrogen-bond donors (Lipinski definition) is 0. The quantitative estimate of drug-likeness (QED) is 0.792. The molecule has 1 atom stereocenters. The number of para-hydroxylation sites is 1. The van der Waals surface area contributed by atoms with Gasteiger partial charge in [-0.05, 0) is 42.5 Å². The number of carbonyl (C=O) groups excluding carboxylic acids is 2. The zero-order chi connectivity index (χ0) is 17.8. The molecule has 0 fully saturated rings. The average Bonchev–Trinajstić information content (AvgIpc) is 2.65. The number of rotatable bonds is 4. The fourth-order valence-corrected chi connectivity index (χ4v) is 3.26. The fraction of sp³-hybridized carbons (Fsp3) is 0.211. The van der Waals surface area contributed by atoms with E-state index < -0.39 is 11.8 Å². The standard InChI is InChI=1S/C19H18N2O3S/c1-24-15-10-8-13(9-11-15)12-16-17(22)20-19(25-2)21(18(16)23)14-6-4-3-5-7-14/h3-11,16H,12H2,1-2H3/t16-/m1/s1. The van der Waals surface area contributed by atoms with Gasteiger partial charge in [0.25, 0.3) is 5.91 Å². The van der Waals surface area contributed by atoms with Crippen molar-refractivity contribution >= 4 is 34.4 Å². The molecular formula is C19H18N2O3S. The smallest absolute Gasteiger partial charge is 0.261 e. The first kappa shape index (κ1) is 17.2. The molecule has 0 aromatic heterocycles. The highest BCUT2D eigenvalue weighted by Crippen LogP contribution is 2.27. The van der Waals surface area contributed by atoms with Gasteiger partial charge in [0.05, 0.1) is 12.8 Å². The first-order valence-corrected chi connectivity index (χ1v) is 9.05. The van der Waals surface area contributed by atoms with Gasteiger partial charge in [0.2, 0.25) is 5.91 Å². The molecule has 2 aromatic rings. The van der Waals surface area contributed by atoms with E-state index in [4.69, 9.17) is 4.74 Å². The third-order valence-corrected chi connectivity index (χ3v) is 4.65. The molecule has 0 unspecified atom stereocenters. The van der Waals surface area contributed by atoms with Crippen LogP contribution in [-0.2, 0) is 16.0 Å². The van der Waals surface area contributed by atoms with Crippen LogP contribution in [-0.4, -0.2) is 30.3 Å². The molecule has 2 amide bonds. The van der Waals surface area contributed by atoms with Crippen molar-refractivity contribution in [2.24, 2.45) is 10.9 Å². The highest BCUT2D eigenvalue weighted by Gasteiger charge is 2.38. The van der Waals surface area contributed by atoms with Gasteiger partial charge in [-0.1, -0.05) is 42.1 Å². The lowest BCUT2D eigenvalue weighted by Crippen LogP contribution is -2.47. The molecule has 1 aliphatic rings. The molecule has 0 saturated heterocycles. The number of carbonyl (C=O) groups is 2. The Labute approximate surface area is 150 Å². The van der Waals surface area contributed by atoms with Crippen molar-refractivity contribution in [3.8, 4) is 5.75 Å². The molecule has 2 aromatic carbocycles. The molecule has 3 rings (SSSR count). The second-order valence-electron chi connectivity index (χ2n) is 5.55. The summed E-state index contributed by atoms with van der Waals surface area (Å²) in [6.45, 7) is 0. The Hall–Kier alpha value is -2.60. The maximum absolute atomic E-state index is 13.0. The Bertz CT molecular complexity index is 803. The van der Waals surface area contributed by atoms with Crippen LogP contribution in [0.2, 0.25) is 0 Å². The predicted molar refractivity (Wildman–Crippen MR) is 100 cm³/mol. The Morgan fingerprint density at radius 2 is 1.76 bits per heavy atom. The second kappa shape index (κ2) is 7.53. The van der Waals surface area contributed by atoms with Gasteiger partial charge in [-0.25, -0.2) is 0 Å². The maximum Gasteiger partial charge on any atom is 0.261 e. The lowest BCUT2D eigenvalue weighted by Gasteiger charge is -2.30. The van der Waals surface area contributed by atoms with E-state index in [-0.39, 0.29) is 5.91 Å². The molecule has 0 aliphatic carbocycles. The monoisotopic (exact) mass is 354 g/mol. The lowest BCUT2D eigenvalue weighted by atomic mass is 9.96. The minimum Gasteiger partial charge on any atom is -0.497 e. The number of aliphatic imine (C=N–C) groups is 1. The number of methoxy groups -OCH3 is 1. The average molecular weight is 354 g/mol. The minimum absolute atomic E-state index is 0.244. The Morgan fingerprint density at radius 3 is 2.36 bits per heavy atom. The number of hydrogen-bond acceptors (Lipinski definition) is 4. The van der Waals surface area contributed by atoms with Crippen molar-refractivity contribution in [3.05, 3.63) is 60.2 Å². The first-order valence-electron chi connectivity index (χ1n) is 7.82. The van der Waals surface area contributed by atoms with Gasteiger partial charge < -0.3 is 4.74 Å². The molecule has 1 aliphatic heterocycles. The number of benzene rings is 2. The van der Waals surface area contributed by atoms with E-state index in [2.05, 4.69) is 4.99 Å². The molecular weight excluding hydrogens is 336 g/mol. The van der Waals surface area contributed by atoms with Crippen LogP contribution in [0, 0.1) is 5.92 Å². The number of ether oxygens (including phenoxy) is 1. The van der Waals surface area contributed by atoms with Crippen molar-refractivity contribution in [3.63, 3.8) is 0 Å². The summed E-state index contributed by atoms with van der Waals surface area (Å²) in [7, 11) is 1.60. The topological polar surface area (TPSA) is 59.0 Å². The zero-order valence-electron chi connectivity index (χ0n) is 14.0. The lowest BCUT2D eigenvalue weighted by molar-refractivity contribution is -0.131. The minimum atomic E-state index is -0.815. The molecule has 1 heterocycles. The summed E-state index contributed by atoms with van der Waals surface area (Å²) in [5.74, 6) is -0.716. The fourth-order valence-electron chi connectivity index (χ4n) is 2.70. The molecule has 5 nitrogen and oxygen atoms in total. The van der Waals surface area contributed by atoms with Crippen molar-refractivity contribution in [1.29, 1.82) is 0 Å². The van der Waals surface area contributed by atoms with Crippen LogP contribution in [0.3, 0.4) is 0 Å². The normalized spacial score (nSPS) is 17.4. The van der Waals surface area contributed by atoms with Gasteiger partial charge in [-0.3, -0.25) is 14.5 Å². The van der Waals surface area contributed by atoms with Crippen LogP contribution in [0.1, 0.15) is 5.56 Å². The molecule has 0 bridgehead atoms. The molecule has 6 heteroatoms. The highest BCUT2D eigenvalue weighted by molar-refractivity contribution is 8.13. The third kappa shape index (κ3) is 3.58. The van der Waals surface area contributed by atoms with Gasteiger partial charge >= 0.3 is 0 Å². The third-order valence-electron chi connectivity index (χ3n) is 4.01. The summed E-state index contributed by atoms with van der Waals surface area (Å²) in [5, 5.41) is 0.409. The summed E-state index contributed by atoms with van der Waals surface area (Å²) in [6.07, 6.45) is 2.12. The van der Waals surface area contributed by atoms with Crippen molar-refractivity contribution in [2.75, 3.05) is 18.3 Å². The SMILES string of the molecule is COc1ccc(C[C@@H]2C(=O)N=C(SC)N(c3ccccc3)C2=O)cc1. The summed E-state index contributed by atoms with van der Waals surface area (Å²) >= 11 is 1.29.